The molecular formula is C14H18N2. The Hall–Kier alpha value is -1.49. The number of hydrogen-bond acceptors (Lipinski definition) is 2. The Balaban J connectivity index is 2.42. The maximum absolute atomic E-state index is 5.61. The van der Waals surface area contributed by atoms with Crippen molar-refractivity contribution < 1.29 is 0 Å². The molecule has 0 bridgehead atoms. The minimum absolute atomic E-state index is 0.244. The quantitative estimate of drug-likeness (QED) is 0.703. The molecule has 0 atom stereocenters. The Morgan fingerprint density at radius 3 is 2.69 bits per heavy atom. The van der Waals surface area contributed by atoms with E-state index < -0.39 is 0 Å². The molecule has 0 saturated carbocycles. The fraction of sp³-hybridized carbons (Fsp3) is 0.500. The first-order valence-corrected chi connectivity index (χ1v) is 5.83. The zero-order valence-corrected chi connectivity index (χ0v) is 10.0. The molecule has 1 aromatic rings. The molecule has 2 rings (SSSR count). The summed E-state index contributed by atoms with van der Waals surface area (Å²) < 4.78 is 0. The smallest absolute Gasteiger partial charge is 0.133 e. The molecule has 0 aliphatic carbocycles. The summed E-state index contributed by atoms with van der Waals surface area (Å²) in [6, 6.07) is 4.06. The monoisotopic (exact) mass is 214 g/mol. The second kappa shape index (κ2) is 4.17. The molecule has 1 saturated heterocycles. The van der Waals surface area contributed by atoms with E-state index in [1.807, 2.05) is 12.3 Å². The lowest BCUT2D eigenvalue weighted by Gasteiger charge is -2.26. The highest BCUT2D eigenvalue weighted by Crippen LogP contribution is 2.31. The zero-order valence-electron chi connectivity index (χ0n) is 10.0. The van der Waals surface area contributed by atoms with Gasteiger partial charge in [0.1, 0.15) is 5.82 Å². The molecule has 1 aromatic heterocycles. The molecule has 2 heteroatoms. The van der Waals surface area contributed by atoms with Crippen LogP contribution in [0.25, 0.3) is 0 Å². The van der Waals surface area contributed by atoms with Crippen molar-refractivity contribution in [1.82, 2.24) is 4.98 Å². The number of hydrogen-bond donors (Lipinski definition) is 0. The van der Waals surface area contributed by atoms with Gasteiger partial charge in [0.25, 0.3) is 0 Å². The molecule has 0 N–H and O–H groups in total. The lowest BCUT2D eigenvalue weighted by atomic mass is 9.86. The van der Waals surface area contributed by atoms with E-state index in [9.17, 15) is 0 Å². The van der Waals surface area contributed by atoms with Gasteiger partial charge < -0.3 is 4.90 Å². The van der Waals surface area contributed by atoms with E-state index in [0.29, 0.717) is 0 Å². The van der Waals surface area contributed by atoms with Crippen molar-refractivity contribution in [2.45, 2.75) is 32.1 Å². The zero-order chi connectivity index (χ0) is 11.6. The molecule has 2 heterocycles. The fourth-order valence-corrected chi connectivity index (χ4v) is 2.14. The number of terminal acetylenes is 1. The molecule has 1 aliphatic rings. The lowest BCUT2D eigenvalue weighted by Crippen LogP contribution is -2.25. The maximum Gasteiger partial charge on any atom is 0.133 e. The summed E-state index contributed by atoms with van der Waals surface area (Å²) in [6.45, 7) is 6.35. The van der Waals surface area contributed by atoms with Crippen LogP contribution in [0.2, 0.25) is 0 Å². The Labute approximate surface area is 97.7 Å². The molecule has 2 nitrogen and oxygen atoms in total. The van der Waals surface area contributed by atoms with Gasteiger partial charge in [-0.3, -0.25) is 0 Å². The molecular weight excluding hydrogens is 196 g/mol. The third kappa shape index (κ3) is 1.90. The summed E-state index contributed by atoms with van der Waals surface area (Å²) in [5.74, 6) is 3.93. The van der Waals surface area contributed by atoms with Crippen molar-refractivity contribution in [3.05, 3.63) is 23.9 Å². The van der Waals surface area contributed by atoms with Crippen LogP contribution < -0.4 is 4.90 Å². The first-order chi connectivity index (χ1) is 7.65. The lowest BCUT2D eigenvalue weighted by molar-refractivity contribution is 0.689. The summed E-state index contributed by atoms with van der Waals surface area (Å²) >= 11 is 0. The van der Waals surface area contributed by atoms with Crippen molar-refractivity contribution in [2.24, 2.45) is 0 Å². The molecule has 0 radical (unpaired) electrons. The topological polar surface area (TPSA) is 16.1 Å². The van der Waals surface area contributed by atoms with Crippen molar-refractivity contribution in [3.8, 4) is 12.3 Å². The maximum atomic E-state index is 5.61. The first-order valence-electron chi connectivity index (χ1n) is 5.83. The van der Waals surface area contributed by atoms with Crippen LogP contribution in [-0.2, 0) is 5.41 Å². The molecule has 1 aliphatic heterocycles. The van der Waals surface area contributed by atoms with Gasteiger partial charge in [0, 0.05) is 24.8 Å². The Kier molecular flexibility index (Phi) is 2.87. The molecule has 0 spiro atoms. The summed E-state index contributed by atoms with van der Waals surface area (Å²) in [5.41, 5.74) is 0.922. The number of anilines is 1. The summed E-state index contributed by atoms with van der Waals surface area (Å²) in [7, 11) is 0. The minimum atomic E-state index is -0.244. The second-order valence-corrected chi connectivity index (χ2v) is 4.84. The van der Waals surface area contributed by atoms with Crippen LogP contribution in [0, 0.1) is 12.3 Å². The van der Waals surface area contributed by atoms with E-state index >= 15 is 0 Å². The van der Waals surface area contributed by atoms with Crippen molar-refractivity contribution in [1.29, 1.82) is 0 Å². The van der Waals surface area contributed by atoms with Gasteiger partial charge in [-0.15, -0.1) is 6.42 Å². The Morgan fingerprint density at radius 1 is 1.38 bits per heavy atom. The molecule has 0 aromatic carbocycles. The van der Waals surface area contributed by atoms with Gasteiger partial charge in [0.05, 0.1) is 5.41 Å². The average Bonchev–Trinajstić information content (AvgIpc) is 2.82. The van der Waals surface area contributed by atoms with Crippen molar-refractivity contribution in [3.63, 3.8) is 0 Å². The van der Waals surface area contributed by atoms with Crippen LogP contribution in [0.3, 0.4) is 0 Å². The van der Waals surface area contributed by atoms with Gasteiger partial charge in [-0.25, -0.2) is 4.98 Å². The standard InChI is InChI=1S/C14H18N2/c1-4-14(2,3)12-8-7-9-15-13(12)16-10-5-6-11-16/h1,7-9H,5-6,10-11H2,2-3H3. The fourth-order valence-electron chi connectivity index (χ4n) is 2.14. The Morgan fingerprint density at radius 2 is 2.06 bits per heavy atom. The predicted octanol–water partition coefficient (Wildman–Crippen LogP) is 2.59. The van der Waals surface area contributed by atoms with Crippen LogP contribution in [-0.4, -0.2) is 18.1 Å². The van der Waals surface area contributed by atoms with Gasteiger partial charge >= 0.3 is 0 Å². The molecule has 84 valence electrons. The van der Waals surface area contributed by atoms with Gasteiger partial charge in [-0.1, -0.05) is 12.0 Å². The van der Waals surface area contributed by atoms with Crippen LogP contribution in [0.15, 0.2) is 18.3 Å². The SMILES string of the molecule is C#CC(C)(C)c1cccnc1N1CCCC1. The Bertz CT molecular complexity index is 409. The summed E-state index contributed by atoms with van der Waals surface area (Å²) in [4.78, 5) is 6.85. The third-order valence-corrected chi connectivity index (χ3v) is 3.23. The number of pyridine rings is 1. The van der Waals surface area contributed by atoms with Crippen LogP contribution in [0.5, 0.6) is 0 Å². The molecule has 1 fully saturated rings. The van der Waals surface area contributed by atoms with E-state index in [1.165, 1.54) is 18.4 Å². The van der Waals surface area contributed by atoms with Crippen molar-refractivity contribution in [2.75, 3.05) is 18.0 Å². The van der Waals surface area contributed by atoms with E-state index in [0.717, 1.165) is 18.9 Å². The highest BCUT2D eigenvalue weighted by molar-refractivity contribution is 5.53. The summed E-state index contributed by atoms with van der Waals surface area (Å²) in [5, 5.41) is 0. The highest BCUT2D eigenvalue weighted by atomic mass is 15.2. The van der Waals surface area contributed by atoms with Crippen LogP contribution in [0.4, 0.5) is 5.82 Å². The van der Waals surface area contributed by atoms with E-state index in [4.69, 9.17) is 6.42 Å². The van der Waals surface area contributed by atoms with Gasteiger partial charge in [0.15, 0.2) is 0 Å². The molecule has 16 heavy (non-hydrogen) atoms. The van der Waals surface area contributed by atoms with E-state index in [2.05, 4.69) is 35.7 Å². The van der Waals surface area contributed by atoms with Gasteiger partial charge in [0.2, 0.25) is 0 Å². The first kappa shape index (κ1) is 11.0. The highest BCUT2D eigenvalue weighted by Gasteiger charge is 2.25. The van der Waals surface area contributed by atoms with Gasteiger partial charge in [-0.2, -0.15) is 0 Å². The molecule has 0 unspecified atom stereocenters. The molecule has 0 amide bonds. The van der Waals surface area contributed by atoms with Crippen LogP contribution in [0.1, 0.15) is 32.3 Å². The number of aromatic nitrogens is 1. The predicted molar refractivity (Wildman–Crippen MR) is 67.5 cm³/mol. The average molecular weight is 214 g/mol. The van der Waals surface area contributed by atoms with E-state index in [-0.39, 0.29) is 5.41 Å². The van der Waals surface area contributed by atoms with Crippen molar-refractivity contribution >= 4 is 5.82 Å². The largest absolute Gasteiger partial charge is 0.356 e. The third-order valence-electron chi connectivity index (χ3n) is 3.23. The van der Waals surface area contributed by atoms with Gasteiger partial charge in [-0.05, 0) is 32.8 Å². The minimum Gasteiger partial charge on any atom is -0.356 e. The number of rotatable bonds is 2. The summed E-state index contributed by atoms with van der Waals surface area (Å²) in [6.07, 6.45) is 9.97. The second-order valence-electron chi connectivity index (χ2n) is 4.84. The van der Waals surface area contributed by atoms with Crippen LogP contribution >= 0.6 is 0 Å². The number of nitrogens with zero attached hydrogens (tertiary/aromatic N) is 2. The van der Waals surface area contributed by atoms with E-state index in [1.54, 1.807) is 0 Å². The normalized spacial score (nSPS) is 16.2.